The quantitative estimate of drug-likeness (QED) is 0.721. The summed E-state index contributed by atoms with van der Waals surface area (Å²) in [5, 5.41) is 0. The summed E-state index contributed by atoms with van der Waals surface area (Å²) in [6.07, 6.45) is 1.75. The average Bonchev–Trinajstić information content (AvgIpc) is 2.71. The first-order valence-corrected chi connectivity index (χ1v) is 4.64. The fourth-order valence-electron chi connectivity index (χ4n) is 1.15. The molecule has 68 valence electrons. The highest BCUT2D eigenvalue weighted by Gasteiger charge is 2.05. The van der Waals surface area contributed by atoms with Gasteiger partial charge in [0.2, 0.25) is 0 Å². The van der Waals surface area contributed by atoms with Crippen LogP contribution in [0, 0.1) is 6.92 Å². The van der Waals surface area contributed by atoms with Crippen molar-refractivity contribution >= 4 is 12.6 Å². The van der Waals surface area contributed by atoms with Crippen LogP contribution in [0.3, 0.4) is 0 Å². The van der Waals surface area contributed by atoms with Gasteiger partial charge in [0, 0.05) is 5.75 Å². The molecule has 0 aliphatic rings. The van der Waals surface area contributed by atoms with Crippen LogP contribution in [0.4, 0.5) is 0 Å². The summed E-state index contributed by atoms with van der Waals surface area (Å²) in [7, 11) is 0. The predicted octanol–water partition coefficient (Wildman–Crippen LogP) is 2.41. The zero-order chi connectivity index (χ0) is 9.26. The highest BCUT2D eigenvalue weighted by Crippen LogP contribution is 2.19. The molecule has 2 aromatic heterocycles. The zero-order valence-corrected chi connectivity index (χ0v) is 8.14. The van der Waals surface area contributed by atoms with E-state index in [4.69, 9.17) is 4.42 Å². The van der Waals surface area contributed by atoms with Gasteiger partial charge >= 0.3 is 0 Å². The maximum absolute atomic E-state index is 5.43. The van der Waals surface area contributed by atoms with Crippen LogP contribution >= 0.6 is 12.6 Å². The van der Waals surface area contributed by atoms with Gasteiger partial charge in [-0.2, -0.15) is 12.6 Å². The van der Waals surface area contributed by atoms with Gasteiger partial charge < -0.3 is 9.40 Å². The van der Waals surface area contributed by atoms with Crippen molar-refractivity contribution in [1.82, 2.24) is 9.97 Å². The fraction of sp³-hybridized carbons (Fsp3) is 0.222. The van der Waals surface area contributed by atoms with Crippen LogP contribution in [0.5, 0.6) is 0 Å². The van der Waals surface area contributed by atoms with E-state index < -0.39 is 0 Å². The molecule has 2 rings (SSSR count). The number of nitrogens with one attached hydrogen (secondary N) is 1. The van der Waals surface area contributed by atoms with E-state index in [0.29, 0.717) is 5.75 Å². The Kier molecular flexibility index (Phi) is 2.14. The Bertz CT molecular complexity index is 405. The van der Waals surface area contributed by atoms with Crippen molar-refractivity contribution in [2.75, 3.05) is 0 Å². The van der Waals surface area contributed by atoms with E-state index in [-0.39, 0.29) is 0 Å². The van der Waals surface area contributed by atoms with E-state index >= 15 is 0 Å². The fourth-order valence-corrected chi connectivity index (χ4v) is 1.31. The molecular weight excluding hydrogens is 184 g/mol. The number of aromatic amines is 1. The monoisotopic (exact) mass is 194 g/mol. The molecular formula is C9H10N2OS. The number of hydrogen-bond acceptors (Lipinski definition) is 3. The van der Waals surface area contributed by atoms with Gasteiger partial charge in [-0.05, 0) is 19.1 Å². The van der Waals surface area contributed by atoms with E-state index in [9.17, 15) is 0 Å². The van der Waals surface area contributed by atoms with Crippen molar-refractivity contribution in [3.8, 4) is 11.5 Å². The molecule has 0 radical (unpaired) electrons. The van der Waals surface area contributed by atoms with Gasteiger partial charge in [0.25, 0.3) is 0 Å². The highest BCUT2D eigenvalue weighted by atomic mass is 32.1. The zero-order valence-electron chi connectivity index (χ0n) is 7.24. The molecule has 0 amide bonds. The Morgan fingerprint density at radius 1 is 1.54 bits per heavy atom. The van der Waals surface area contributed by atoms with Gasteiger partial charge in [0.15, 0.2) is 5.76 Å². The smallest absolute Gasteiger partial charge is 0.152 e. The number of thiol groups is 1. The Hall–Kier alpha value is -1.16. The Labute approximate surface area is 81.6 Å². The average molecular weight is 194 g/mol. The normalized spacial score (nSPS) is 10.6. The first-order valence-electron chi connectivity index (χ1n) is 4.01. The summed E-state index contributed by atoms with van der Waals surface area (Å²) < 4.78 is 5.43. The molecule has 0 aromatic carbocycles. The summed E-state index contributed by atoms with van der Waals surface area (Å²) in [6, 6.07) is 3.85. The van der Waals surface area contributed by atoms with Gasteiger partial charge in [-0.15, -0.1) is 0 Å². The number of hydrogen-bond donors (Lipinski definition) is 2. The van der Waals surface area contributed by atoms with E-state index in [1.807, 2.05) is 19.1 Å². The third kappa shape index (κ3) is 1.62. The lowest BCUT2D eigenvalue weighted by molar-refractivity contribution is 0.546. The first kappa shape index (κ1) is 8.44. The van der Waals surface area contributed by atoms with Gasteiger partial charge in [0.05, 0.1) is 6.20 Å². The Balaban J connectivity index is 2.35. The largest absolute Gasteiger partial charge is 0.460 e. The van der Waals surface area contributed by atoms with Gasteiger partial charge in [0.1, 0.15) is 17.3 Å². The predicted molar refractivity (Wildman–Crippen MR) is 53.7 cm³/mol. The van der Waals surface area contributed by atoms with E-state index in [1.165, 1.54) is 0 Å². The van der Waals surface area contributed by atoms with Crippen LogP contribution in [0.15, 0.2) is 22.7 Å². The number of H-pyrrole nitrogens is 1. The van der Waals surface area contributed by atoms with Crippen molar-refractivity contribution in [3.63, 3.8) is 0 Å². The third-order valence-corrected chi connectivity index (χ3v) is 2.08. The number of furan rings is 1. The van der Waals surface area contributed by atoms with Crippen molar-refractivity contribution in [1.29, 1.82) is 0 Å². The number of rotatable bonds is 2. The molecule has 0 atom stereocenters. The Morgan fingerprint density at radius 3 is 2.92 bits per heavy atom. The van der Waals surface area contributed by atoms with Crippen molar-refractivity contribution in [2.24, 2.45) is 0 Å². The molecule has 0 fully saturated rings. The molecule has 2 aromatic rings. The van der Waals surface area contributed by atoms with Crippen molar-refractivity contribution in [2.45, 2.75) is 12.7 Å². The lowest BCUT2D eigenvalue weighted by Crippen LogP contribution is -1.79. The van der Waals surface area contributed by atoms with Gasteiger partial charge in [-0.1, -0.05) is 0 Å². The summed E-state index contributed by atoms with van der Waals surface area (Å²) >= 11 is 4.12. The molecule has 0 unspecified atom stereocenters. The molecule has 13 heavy (non-hydrogen) atoms. The molecule has 0 saturated carbocycles. The first-order chi connectivity index (χ1) is 6.29. The number of aryl methyl sites for hydroxylation is 1. The van der Waals surface area contributed by atoms with Crippen molar-refractivity contribution < 1.29 is 4.42 Å². The maximum Gasteiger partial charge on any atom is 0.152 e. The molecule has 0 saturated heterocycles. The molecule has 0 aliphatic heterocycles. The Morgan fingerprint density at radius 2 is 2.38 bits per heavy atom. The lowest BCUT2D eigenvalue weighted by Gasteiger charge is -1.89. The van der Waals surface area contributed by atoms with Crippen molar-refractivity contribution in [3.05, 3.63) is 29.9 Å². The van der Waals surface area contributed by atoms with Crippen LogP contribution in [-0.2, 0) is 5.75 Å². The molecule has 0 bridgehead atoms. The summed E-state index contributed by atoms with van der Waals surface area (Å²) in [4.78, 5) is 7.24. The minimum absolute atomic E-state index is 0.611. The van der Waals surface area contributed by atoms with Crippen LogP contribution in [-0.4, -0.2) is 9.97 Å². The summed E-state index contributed by atoms with van der Waals surface area (Å²) in [5.74, 6) is 3.18. The molecule has 2 heterocycles. The second-order valence-electron chi connectivity index (χ2n) is 2.81. The van der Waals surface area contributed by atoms with Crippen LogP contribution < -0.4 is 0 Å². The number of aromatic nitrogens is 2. The minimum atomic E-state index is 0.611. The topological polar surface area (TPSA) is 41.8 Å². The van der Waals surface area contributed by atoms with Crippen LogP contribution in [0.25, 0.3) is 11.5 Å². The van der Waals surface area contributed by atoms with E-state index in [2.05, 4.69) is 22.6 Å². The second-order valence-corrected chi connectivity index (χ2v) is 3.13. The summed E-state index contributed by atoms with van der Waals surface area (Å²) in [5.41, 5.74) is 0.900. The standard InChI is InChI=1S/C9H10N2OS/c1-6-2-3-8(12-6)7-4-10-9(5-13)11-7/h2-4,13H,5H2,1H3,(H,10,11). The molecule has 4 heteroatoms. The molecule has 0 aliphatic carbocycles. The minimum Gasteiger partial charge on any atom is -0.460 e. The van der Waals surface area contributed by atoms with Gasteiger partial charge in [-0.25, -0.2) is 4.98 Å². The van der Waals surface area contributed by atoms with Crippen LogP contribution in [0.2, 0.25) is 0 Å². The van der Waals surface area contributed by atoms with E-state index in [0.717, 1.165) is 23.0 Å². The third-order valence-electron chi connectivity index (χ3n) is 1.78. The highest BCUT2D eigenvalue weighted by molar-refractivity contribution is 7.79. The number of imidazole rings is 1. The maximum atomic E-state index is 5.43. The molecule has 3 nitrogen and oxygen atoms in total. The summed E-state index contributed by atoms with van der Waals surface area (Å²) in [6.45, 7) is 1.92. The second kappa shape index (κ2) is 3.30. The molecule has 1 N–H and O–H groups in total. The van der Waals surface area contributed by atoms with Gasteiger partial charge in [-0.3, -0.25) is 0 Å². The SMILES string of the molecule is Cc1ccc(-c2cnc(CS)[nH]2)o1. The van der Waals surface area contributed by atoms with Crippen LogP contribution in [0.1, 0.15) is 11.6 Å². The van der Waals surface area contributed by atoms with E-state index in [1.54, 1.807) is 6.20 Å². The molecule has 0 spiro atoms. The number of nitrogens with zero attached hydrogens (tertiary/aromatic N) is 1. The lowest BCUT2D eigenvalue weighted by atomic mass is 10.3.